The van der Waals surface area contributed by atoms with Gasteiger partial charge in [0.2, 0.25) is 5.13 Å². The maximum Gasteiger partial charge on any atom is 0.337 e. The Kier molecular flexibility index (Phi) is 6.05. The van der Waals surface area contributed by atoms with Crippen LogP contribution in [0.3, 0.4) is 0 Å². The van der Waals surface area contributed by atoms with Gasteiger partial charge in [0.1, 0.15) is 5.01 Å². The van der Waals surface area contributed by atoms with Gasteiger partial charge in [-0.15, -0.1) is 10.2 Å². The molecule has 1 fully saturated rings. The first kappa shape index (κ1) is 19.4. The standard InChI is InChI=1S/C22H24N4O2S/c1-28-21(27)17-8-5-9-19(15-17)23-18-10-12-26(13-11-18)22-25-24-20(29-22)14-16-6-3-2-4-7-16/h2-9,15,18,23H,10-14H2,1H3. The lowest BCUT2D eigenvalue weighted by molar-refractivity contribution is 0.0601. The van der Waals surface area contributed by atoms with Crippen LogP contribution in [0.15, 0.2) is 54.6 Å². The summed E-state index contributed by atoms with van der Waals surface area (Å²) in [7, 11) is 1.40. The van der Waals surface area contributed by atoms with E-state index in [-0.39, 0.29) is 5.97 Å². The highest BCUT2D eigenvalue weighted by Gasteiger charge is 2.22. The minimum absolute atomic E-state index is 0.314. The number of esters is 1. The molecule has 6 nitrogen and oxygen atoms in total. The van der Waals surface area contributed by atoms with Gasteiger partial charge in [0.25, 0.3) is 0 Å². The fourth-order valence-electron chi connectivity index (χ4n) is 3.52. The Morgan fingerprint density at radius 2 is 1.93 bits per heavy atom. The molecule has 1 aromatic heterocycles. The van der Waals surface area contributed by atoms with Crippen LogP contribution >= 0.6 is 11.3 Å². The third-order valence-electron chi connectivity index (χ3n) is 5.07. The van der Waals surface area contributed by atoms with Gasteiger partial charge in [-0.05, 0) is 36.6 Å². The number of ether oxygens (including phenoxy) is 1. The molecule has 0 saturated carbocycles. The first-order chi connectivity index (χ1) is 14.2. The summed E-state index contributed by atoms with van der Waals surface area (Å²) >= 11 is 1.68. The lowest BCUT2D eigenvalue weighted by Gasteiger charge is -2.32. The van der Waals surface area contributed by atoms with Gasteiger partial charge in [-0.25, -0.2) is 4.79 Å². The maximum absolute atomic E-state index is 11.7. The first-order valence-corrected chi connectivity index (χ1v) is 10.6. The van der Waals surface area contributed by atoms with Crippen molar-refractivity contribution in [2.45, 2.75) is 25.3 Å². The quantitative estimate of drug-likeness (QED) is 0.622. The zero-order valence-corrected chi connectivity index (χ0v) is 17.2. The van der Waals surface area contributed by atoms with Crippen LogP contribution in [-0.4, -0.2) is 42.4 Å². The fraction of sp³-hybridized carbons (Fsp3) is 0.318. The Balaban J connectivity index is 1.31. The van der Waals surface area contributed by atoms with E-state index in [1.165, 1.54) is 12.7 Å². The van der Waals surface area contributed by atoms with Crippen LogP contribution in [0, 0.1) is 0 Å². The molecule has 2 aromatic carbocycles. The monoisotopic (exact) mass is 408 g/mol. The zero-order chi connectivity index (χ0) is 20.1. The van der Waals surface area contributed by atoms with E-state index in [0.717, 1.165) is 48.2 Å². The summed E-state index contributed by atoms with van der Waals surface area (Å²) in [6.07, 6.45) is 2.85. The summed E-state index contributed by atoms with van der Waals surface area (Å²) in [5.41, 5.74) is 2.77. The number of hydrogen-bond acceptors (Lipinski definition) is 7. The second kappa shape index (κ2) is 9.05. The summed E-state index contributed by atoms with van der Waals surface area (Å²) in [6.45, 7) is 1.88. The van der Waals surface area contributed by atoms with Crippen LogP contribution in [0.5, 0.6) is 0 Å². The smallest absolute Gasteiger partial charge is 0.337 e. The molecule has 1 aliphatic rings. The average Bonchev–Trinajstić information content (AvgIpc) is 3.23. The number of piperidine rings is 1. The van der Waals surface area contributed by atoms with Crippen molar-refractivity contribution < 1.29 is 9.53 Å². The fourth-order valence-corrected chi connectivity index (χ4v) is 4.44. The van der Waals surface area contributed by atoms with Gasteiger partial charge in [-0.3, -0.25) is 0 Å². The van der Waals surface area contributed by atoms with Crippen molar-refractivity contribution in [2.75, 3.05) is 30.4 Å². The topological polar surface area (TPSA) is 67.3 Å². The van der Waals surface area contributed by atoms with Crippen molar-refractivity contribution in [1.29, 1.82) is 0 Å². The number of carbonyl (C=O) groups excluding carboxylic acids is 1. The molecular formula is C22H24N4O2S. The van der Waals surface area contributed by atoms with Crippen LogP contribution in [0.4, 0.5) is 10.8 Å². The predicted molar refractivity (Wildman–Crippen MR) is 116 cm³/mol. The molecule has 0 bridgehead atoms. The van der Waals surface area contributed by atoms with Crippen LogP contribution in [0.2, 0.25) is 0 Å². The number of aromatic nitrogens is 2. The molecular weight excluding hydrogens is 384 g/mol. The highest BCUT2D eigenvalue weighted by atomic mass is 32.1. The Morgan fingerprint density at radius 1 is 1.14 bits per heavy atom. The highest BCUT2D eigenvalue weighted by Crippen LogP contribution is 2.26. The van der Waals surface area contributed by atoms with Crippen molar-refractivity contribution in [3.8, 4) is 0 Å². The first-order valence-electron chi connectivity index (χ1n) is 9.77. The molecule has 0 atom stereocenters. The number of nitrogens with one attached hydrogen (secondary N) is 1. The molecule has 0 radical (unpaired) electrons. The van der Waals surface area contributed by atoms with Crippen molar-refractivity contribution in [1.82, 2.24) is 10.2 Å². The molecule has 0 spiro atoms. The molecule has 2 heterocycles. The average molecular weight is 409 g/mol. The molecule has 1 N–H and O–H groups in total. The lowest BCUT2D eigenvalue weighted by atomic mass is 10.0. The summed E-state index contributed by atoms with van der Waals surface area (Å²) < 4.78 is 4.80. The van der Waals surface area contributed by atoms with Gasteiger partial charge < -0.3 is 15.0 Å². The van der Waals surface area contributed by atoms with Gasteiger partial charge in [0.05, 0.1) is 12.7 Å². The van der Waals surface area contributed by atoms with E-state index in [0.29, 0.717) is 11.6 Å². The molecule has 3 aromatic rings. The third kappa shape index (κ3) is 4.92. The van der Waals surface area contributed by atoms with Crippen LogP contribution < -0.4 is 10.2 Å². The van der Waals surface area contributed by atoms with E-state index in [1.807, 2.05) is 24.3 Å². The Morgan fingerprint density at radius 3 is 2.69 bits per heavy atom. The summed E-state index contributed by atoms with van der Waals surface area (Å²) in [6, 6.07) is 18.2. The summed E-state index contributed by atoms with van der Waals surface area (Å²) in [5, 5.41) is 14.4. The number of hydrogen-bond donors (Lipinski definition) is 1. The highest BCUT2D eigenvalue weighted by molar-refractivity contribution is 7.15. The van der Waals surface area contributed by atoms with E-state index >= 15 is 0 Å². The number of rotatable bonds is 6. The molecule has 4 rings (SSSR count). The van der Waals surface area contributed by atoms with E-state index in [2.05, 4.69) is 44.7 Å². The van der Waals surface area contributed by atoms with E-state index in [1.54, 1.807) is 17.4 Å². The van der Waals surface area contributed by atoms with E-state index in [9.17, 15) is 4.79 Å². The van der Waals surface area contributed by atoms with Crippen LogP contribution in [0.25, 0.3) is 0 Å². The summed E-state index contributed by atoms with van der Waals surface area (Å²) in [5.74, 6) is -0.314. The molecule has 29 heavy (non-hydrogen) atoms. The number of anilines is 2. The summed E-state index contributed by atoms with van der Waals surface area (Å²) in [4.78, 5) is 14.0. The van der Waals surface area contributed by atoms with Gasteiger partial charge in [0.15, 0.2) is 0 Å². The Hall–Kier alpha value is -2.93. The van der Waals surface area contributed by atoms with Crippen molar-refractivity contribution >= 4 is 28.1 Å². The number of methoxy groups -OCH3 is 1. The Bertz CT molecular complexity index is 952. The van der Waals surface area contributed by atoms with Gasteiger partial charge in [-0.1, -0.05) is 47.7 Å². The van der Waals surface area contributed by atoms with E-state index < -0.39 is 0 Å². The van der Waals surface area contributed by atoms with Crippen molar-refractivity contribution in [2.24, 2.45) is 0 Å². The number of benzene rings is 2. The molecule has 0 aliphatic carbocycles. The maximum atomic E-state index is 11.7. The zero-order valence-electron chi connectivity index (χ0n) is 16.4. The Labute approximate surface area is 174 Å². The lowest BCUT2D eigenvalue weighted by Crippen LogP contribution is -2.39. The molecule has 7 heteroatoms. The van der Waals surface area contributed by atoms with Crippen LogP contribution in [-0.2, 0) is 11.2 Å². The van der Waals surface area contributed by atoms with Crippen LogP contribution in [0.1, 0.15) is 33.8 Å². The molecule has 150 valence electrons. The molecule has 1 saturated heterocycles. The SMILES string of the molecule is COC(=O)c1cccc(NC2CCN(c3nnc(Cc4ccccc4)s3)CC2)c1. The van der Waals surface area contributed by atoms with Gasteiger partial charge in [-0.2, -0.15) is 0 Å². The molecule has 1 aliphatic heterocycles. The minimum atomic E-state index is -0.314. The van der Waals surface area contributed by atoms with E-state index in [4.69, 9.17) is 4.74 Å². The van der Waals surface area contributed by atoms with Gasteiger partial charge in [0, 0.05) is 31.2 Å². The largest absolute Gasteiger partial charge is 0.465 e. The normalized spacial score (nSPS) is 14.6. The number of nitrogens with zero attached hydrogens (tertiary/aromatic N) is 3. The molecule has 0 amide bonds. The second-order valence-corrected chi connectivity index (χ2v) is 8.16. The minimum Gasteiger partial charge on any atom is -0.465 e. The second-order valence-electron chi connectivity index (χ2n) is 7.12. The third-order valence-corrected chi connectivity index (χ3v) is 6.06. The van der Waals surface area contributed by atoms with Crippen molar-refractivity contribution in [3.05, 3.63) is 70.7 Å². The molecule has 0 unspecified atom stereocenters. The van der Waals surface area contributed by atoms with Gasteiger partial charge >= 0.3 is 5.97 Å². The number of carbonyl (C=O) groups is 1. The van der Waals surface area contributed by atoms with Crippen molar-refractivity contribution in [3.63, 3.8) is 0 Å². The predicted octanol–water partition coefficient (Wildman–Crippen LogP) is 4.00.